The van der Waals surface area contributed by atoms with E-state index in [1.165, 1.54) is 0 Å². The average molecular weight is 310 g/mol. The van der Waals surface area contributed by atoms with Crippen LogP contribution in [0.4, 0.5) is 0 Å². The first-order valence-corrected chi connectivity index (χ1v) is 7.23. The zero-order chi connectivity index (χ0) is 16.6. The van der Waals surface area contributed by atoms with Gasteiger partial charge in [-0.15, -0.1) is 0 Å². The van der Waals surface area contributed by atoms with Gasteiger partial charge in [-0.2, -0.15) is 0 Å². The largest absolute Gasteiger partial charge is 0.497 e. The lowest BCUT2D eigenvalue weighted by Gasteiger charge is -2.14. The van der Waals surface area contributed by atoms with Gasteiger partial charge < -0.3 is 14.0 Å². The Morgan fingerprint density at radius 2 is 1.87 bits per heavy atom. The predicted molar refractivity (Wildman–Crippen MR) is 90.3 cm³/mol. The van der Waals surface area contributed by atoms with Gasteiger partial charge in [-0.1, -0.05) is 0 Å². The summed E-state index contributed by atoms with van der Waals surface area (Å²) >= 11 is 0. The van der Waals surface area contributed by atoms with Crippen molar-refractivity contribution in [3.8, 4) is 22.6 Å². The Morgan fingerprint density at radius 3 is 2.57 bits per heavy atom. The summed E-state index contributed by atoms with van der Waals surface area (Å²) in [4.78, 5) is 16.9. The van der Waals surface area contributed by atoms with Crippen LogP contribution < -0.4 is 15.0 Å². The fourth-order valence-electron chi connectivity index (χ4n) is 2.79. The maximum atomic E-state index is 12.8. The van der Waals surface area contributed by atoms with E-state index in [0.717, 1.165) is 22.0 Å². The summed E-state index contributed by atoms with van der Waals surface area (Å²) in [6.07, 6.45) is 3.44. The van der Waals surface area contributed by atoms with E-state index in [1.807, 2.05) is 31.2 Å². The molecule has 3 rings (SSSR count). The SMILES string of the molecule is COc1cc(OC)c(C)c(-c2cc3cnccc3n(C)c2=O)c1. The second-order valence-electron chi connectivity index (χ2n) is 5.36. The van der Waals surface area contributed by atoms with Crippen LogP contribution in [-0.2, 0) is 7.05 Å². The van der Waals surface area contributed by atoms with Gasteiger partial charge in [-0.3, -0.25) is 9.78 Å². The first kappa shape index (κ1) is 15.1. The lowest BCUT2D eigenvalue weighted by atomic mass is 9.99. The number of hydrogen-bond donors (Lipinski definition) is 0. The lowest BCUT2D eigenvalue weighted by molar-refractivity contribution is 0.392. The van der Waals surface area contributed by atoms with Crippen LogP contribution in [0.2, 0.25) is 0 Å². The predicted octanol–water partition coefficient (Wildman–Crippen LogP) is 2.93. The fourth-order valence-corrected chi connectivity index (χ4v) is 2.79. The highest BCUT2D eigenvalue weighted by atomic mass is 16.5. The van der Waals surface area contributed by atoms with E-state index in [4.69, 9.17) is 9.47 Å². The molecule has 0 amide bonds. The molecule has 0 aliphatic rings. The molecular weight excluding hydrogens is 292 g/mol. The second-order valence-corrected chi connectivity index (χ2v) is 5.36. The number of rotatable bonds is 3. The molecule has 118 valence electrons. The number of methoxy groups -OCH3 is 2. The maximum Gasteiger partial charge on any atom is 0.258 e. The topological polar surface area (TPSA) is 53.4 Å². The molecular formula is C18H18N2O3. The molecule has 0 saturated carbocycles. The van der Waals surface area contributed by atoms with Crippen LogP contribution in [0.5, 0.6) is 11.5 Å². The quantitative estimate of drug-likeness (QED) is 0.746. The zero-order valence-electron chi connectivity index (χ0n) is 13.6. The number of fused-ring (bicyclic) bond motifs is 1. The summed E-state index contributed by atoms with van der Waals surface area (Å²) in [6.45, 7) is 1.93. The summed E-state index contributed by atoms with van der Waals surface area (Å²) in [5, 5.41) is 0.908. The van der Waals surface area contributed by atoms with Gasteiger partial charge >= 0.3 is 0 Å². The number of hydrogen-bond acceptors (Lipinski definition) is 4. The number of aromatic nitrogens is 2. The summed E-state index contributed by atoms with van der Waals surface area (Å²) in [5.41, 5.74) is 3.08. The molecule has 0 spiro atoms. The van der Waals surface area contributed by atoms with Crippen molar-refractivity contribution >= 4 is 10.9 Å². The van der Waals surface area contributed by atoms with E-state index in [0.29, 0.717) is 17.1 Å². The average Bonchev–Trinajstić information content (AvgIpc) is 2.58. The van der Waals surface area contributed by atoms with Crippen LogP contribution in [0.15, 0.2) is 41.5 Å². The minimum absolute atomic E-state index is 0.0675. The lowest BCUT2D eigenvalue weighted by Crippen LogP contribution is -2.19. The fraction of sp³-hybridized carbons (Fsp3) is 0.222. The van der Waals surface area contributed by atoms with Crippen molar-refractivity contribution in [2.75, 3.05) is 14.2 Å². The first-order chi connectivity index (χ1) is 11.1. The monoisotopic (exact) mass is 310 g/mol. The Balaban J connectivity index is 2.37. The highest BCUT2D eigenvalue weighted by Crippen LogP contribution is 2.34. The molecule has 5 nitrogen and oxygen atoms in total. The van der Waals surface area contributed by atoms with Crippen LogP contribution >= 0.6 is 0 Å². The van der Waals surface area contributed by atoms with Crippen molar-refractivity contribution in [2.45, 2.75) is 6.92 Å². The minimum atomic E-state index is -0.0675. The molecule has 1 aromatic carbocycles. The number of pyridine rings is 2. The van der Waals surface area contributed by atoms with Gasteiger partial charge in [0.1, 0.15) is 11.5 Å². The molecule has 0 radical (unpaired) electrons. The Morgan fingerprint density at radius 1 is 1.09 bits per heavy atom. The van der Waals surface area contributed by atoms with Crippen molar-refractivity contribution in [1.29, 1.82) is 0 Å². The van der Waals surface area contributed by atoms with Crippen molar-refractivity contribution in [3.63, 3.8) is 0 Å². The molecule has 2 heterocycles. The number of benzene rings is 1. The molecule has 0 unspecified atom stereocenters. The Kier molecular flexibility index (Phi) is 3.78. The van der Waals surface area contributed by atoms with Crippen molar-refractivity contribution in [2.24, 2.45) is 7.05 Å². The van der Waals surface area contributed by atoms with Gasteiger partial charge in [0.25, 0.3) is 5.56 Å². The van der Waals surface area contributed by atoms with Gasteiger partial charge in [-0.05, 0) is 36.2 Å². The molecule has 3 aromatic rings. The van der Waals surface area contributed by atoms with E-state index in [-0.39, 0.29) is 5.56 Å². The molecule has 0 aliphatic heterocycles. The molecule has 0 bridgehead atoms. The third-order valence-corrected chi connectivity index (χ3v) is 4.10. The third kappa shape index (κ3) is 2.44. The van der Waals surface area contributed by atoms with Crippen LogP contribution in [0.3, 0.4) is 0 Å². The van der Waals surface area contributed by atoms with Crippen LogP contribution in [0.25, 0.3) is 22.0 Å². The van der Waals surface area contributed by atoms with Gasteiger partial charge in [0, 0.05) is 36.5 Å². The third-order valence-electron chi connectivity index (χ3n) is 4.10. The van der Waals surface area contributed by atoms with Crippen molar-refractivity contribution in [1.82, 2.24) is 9.55 Å². The number of nitrogens with zero attached hydrogens (tertiary/aromatic N) is 2. The summed E-state index contributed by atoms with van der Waals surface area (Å²) in [7, 11) is 4.96. The summed E-state index contributed by atoms with van der Waals surface area (Å²) < 4.78 is 12.4. The summed E-state index contributed by atoms with van der Waals surface area (Å²) in [5.74, 6) is 1.34. The standard InChI is InChI=1S/C18H18N2O3/c1-11-14(8-13(22-3)9-17(11)23-4)15-7-12-10-19-6-5-16(12)20(2)18(15)21/h5-10H,1-4H3. The Hall–Kier alpha value is -2.82. The normalized spacial score (nSPS) is 10.8. The molecule has 23 heavy (non-hydrogen) atoms. The highest BCUT2D eigenvalue weighted by Gasteiger charge is 2.15. The zero-order valence-corrected chi connectivity index (χ0v) is 13.6. The van der Waals surface area contributed by atoms with Gasteiger partial charge in [0.05, 0.1) is 19.7 Å². The Labute approximate surface area is 134 Å². The molecule has 0 N–H and O–H groups in total. The van der Waals surface area contributed by atoms with Crippen molar-refractivity contribution < 1.29 is 9.47 Å². The first-order valence-electron chi connectivity index (χ1n) is 7.23. The number of ether oxygens (including phenoxy) is 2. The van der Waals surface area contributed by atoms with Crippen LogP contribution in [0, 0.1) is 6.92 Å². The van der Waals surface area contributed by atoms with E-state index < -0.39 is 0 Å². The van der Waals surface area contributed by atoms with Gasteiger partial charge in [0.2, 0.25) is 0 Å². The van der Waals surface area contributed by atoms with Gasteiger partial charge in [-0.25, -0.2) is 0 Å². The second kappa shape index (κ2) is 5.76. The molecule has 0 atom stereocenters. The van der Waals surface area contributed by atoms with Crippen LogP contribution in [-0.4, -0.2) is 23.8 Å². The summed E-state index contributed by atoms with van der Waals surface area (Å²) in [6, 6.07) is 7.37. The maximum absolute atomic E-state index is 12.8. The molecule has 0 fully saturated rings. The van der Waals surface area contributed by atoms with Gasteiger partial charge in [0.15, 0.2) is 0 Å². The van der Waals surface area contributed by atoms with Crippen LogP contribution in [0.1, 0.15) is 5.56 Å². The minimum Gasteiger partial charge on any atom is -0.497 e. The smallest absolute Gasteiger partial charge is 0.258 e. The van der Waals surface area contributed by atoms with E-state index in [2.05, 4.69) is 4.98 Å². The van der Waals surface area contributed by atoms with Crippen molar-refractivity contribution in [3.05, 3.63) is 52.6 Å². The van der Waals surface area contributed by atoms with E-state index >= 15 is 0 Å². The molecule has 5 heteroatoms. The molecule has 0 aliphatic carbocycles. The number of aryl methyl sites for hydroxylation is 1. The van der Waals surface area contributed by atoms with E-state index in [9.17, 15) is 4.79 Å². The molecule has 2 aromatic heterocycles. The Bertz CT molecular complexity index is 945. The highest BCUT2D eigenvalue weighted by molar-refractivity contribution is 5.84. The van der Waals surface area contributed by atoms with E-state index in [1.54, 1.807) is 38.2 Å². The molecule has 0 saturated heterocycles.